The smallest absolute Gasteiger partial charge is 0.183 e. The monoisotopic (exact) mass is 283 g/mol. The second-order valence-electron chi connectivity index (χ2n) is 4.70. The van der Waals surface area contributed by atoms with Crippen molar-refractivity contribution in [2.24, 2.45) is 7.05 Å². The molecule has 2 heterocycles. The van der Waals surface area contributed by atoms with Crippen LogP contribution in [0.15, 0.2) is 30.6 Å². The van der Waals surface area contributed by atoms with Crippen LogP contribution in [0.2, 0.25) is 0 Å². The summed E-state index contributed by atoms with van der Waals surface area (Å²) < 4.78 is 7.51. The first kappa shape index (κ1) is 13.4. The van der Waals surface area contributed by atoms with Gasteiger partial charge in [-0.1, -0.05) is 12.1 Å². The van der Waals surface area contributed by atoms with Gasteiger partial charge >= 0.3 is 0 Å². The summed E-state index contributed by atoms with van der Waals surface area (Å²) in [6.45, 7) is 0. The van der Waals surface area contributed by atoms with E-state index in [1.54, 1.807) is 7.11 Å². The molecule has 0 aliphatic heterocycles. The maximum Gasteiger partial charge on any atom is 0.183 e. The fraction of sp³-hybridized carbons (Fsp3) is 0.267. The summed E-state index contributed by atoms with van der Waals surface area (Å²) in [5.74, 6) is 2.28. The standard InChI is InChI=1S/C15H17N5O/c1-16-15-14(21-3)11(17-9-18-15)8-13-19-10-6-4-5-7-12(10)20(13)2/h4-7,9H,8H2,1-3H3,(H,16,17,18). The van der Waals surface area contributed by atoms with Crippen LogP contribution in [0.5, 0.6) is 5.75 Å². The van der Waals surface area contributed by atoms with E-state index in [1.165, 1.54) is 6.33 Å². The minimum Gasteiger partial charge on any atom is -0.491 e. The number of aromatic nitrogens is 4. The van der Waals surface area contributed by atoms with Crippen molar-refractivity contribution < 1.29 is 4.74 Å². The number of benzene rings is 1. The number of nitrogens with zero attached hydrogens (tertiary/aromatic N) is 4. The van der Waals surface area contributed by atoms with Crippen LogP contribution in [-0.2, 0) is 13.5 Å². The molecule has 0 amide bonds. The van der Waals surface area contributed by atoms with Gasteiger partial charge in [0.1, 0.15) is 12.2 Å². The normalized spacial score (nSPS) is 10.8. The third kappa shape index (κ3) is 2.29. The number of hydrogen-bond donors (Lipinski definition) is 1. The second-order valence-corrected chi connectivity index (χ2v) is 4.70. The number of para-hydroxylation sites is 2. The van der Waals surface area contributed by atoms with Crippen molar-refractivity contribution in [3.8, 4) is 5.75 Å². The average Bonchev–Trinajstić information content (AvgIpc) is 2.83. The summed E-state index contributed by atoms with van der Waals surface area (Å²) in [4.78, 5) is 13.2. The van der Waals surface area contributed by atoms with Crippen LogP contribution < -0.4 is 10.1 Å². The van der Waals surface area contributed by atoms with Crippen molar-refractivity contribution in [1.29, 1.82) is 0 Å². The lowest BCUT2D eigenvalue weighted by Gasteiger charge is -2.11. The Bertz CT molecular complexity index is 781. The summed E-state index contributed by atoms with van der Waals surface area (Å²) in [5.41, 5.74) is 2.90. The number of methoxy groups -OCH3 is 1. The van der Waals surface area contributed by atoms with Gasteiger partial charge in [0, 0.05) is 14.1 Å². The van der Waals surface area contributed by atoms with E-state index in [1.807, 2.05) is 32.3 Å². The van der Waals surface area contributed by atoms with Crippen molar-refractivity contribution in [2.75, 3.05) is 19.5 Å². The molecule has 0 saturated heterocycles. The van der Waals surface area contributed by atoms with E-state index in [2.05, 4.69) is 30.9 Å². The van der Waals surface area contributed by atoms with E-state index >= 15 is 0 Å². The van der Waals surface area contributed by atoms with Crippen LogP contribution in [0.4, 0.5) is 5.82 Å². The van der Waals surface area contributed by atoms with E-state index in [0.717, 1.165) is 22.6 Å². The Morgan fingerprint density at radius 1 is 1.24 bits per heavy atom. The first-order valence-electron chi connectivity index (χ1n) is 6.70. The Kier molecular flexibility index (Phi) is 3.43. The molecule has 0 unspecified atom stereocenters. The molecule has 0 fully saturated rings. The molecule has 2 aromatic heterocycles. The number of rotatable bonds is 4. The Labute approximate surface area is 122 Å². The van der Waals surface area contributed by atoms with Gasteiger partial charge in [-0.15, -0.1) is 0 Å². The van der Waals surface area contributed by atoms with Crippen molar-refractivity contribution in [1.82, 2.24) is 19.5 Å². The zero-order valence-corrected chi connectivity index (χ0v) is 12.3. The van der Waals surface area contributed by atoms with E-state index in [4.69, 9.17) is 4.74 Å². The zero-order chi connectivity index (χ0) is 14.8. The highest BCUT2D eigenvalue weighted by atomic mass is 16.5. The molecule has 1 aromatic carbocycles. The number of fused-ring (bicyclic) bond motifs is 1. The number of nitrogens with one attached hydrogen (secondary N) is 1. The number of ether oxygens (including phenoxy) is 1. The third-order valence-electron chi connectivity index (χ3n) is 3.52. The van der Waals surface area contributed by atoms with Gasteiger partial charge in [0.25, 0.3) is 0 Å². The predicted octanol–water partition coefficient (Wildman–Crippen LogP) is 2.00. The van der Waals surface area contributed by atoms with Gasteiger partial charge in [0.2, 0.25) is 0 Å². The van der Waals surface area contributed by atoms with Crippen molar-refractivity contribution in [3.05, 3.63) is 42.1 Å². The molecule has 0 bridgehead atoms. The molecule has 0 atom stereocenters. The SMILES string of the molecule is CNc1ncnc(Cc2nc3ccccc3n2C)c1OC. The molecule has 21 heavy (non-hydrogen) atoms. The molecule has 0 radical (unpaired) electrons. The van der Waals surface area contributed by atoms with Crippen LogP contribution in [0, 0.1) is 0 Å². The van der Waals surface area contributed by atoms with Crippen LogP contribution >= 0.6 is 0 Å². The van der Waals surface area contributed by atoms with Crippen LogP contribution in [0.3, 0.4) is 0 Å². The topological polar surface area (TPSA) is 64.9 Å². The summed E-state index contributed by atoms with van der Waals surface area (Å²) in [6.07, 6.45) is 2.12. The molecule has 3 aromatic rings. The van der Waals surface area contributed by atoms with Gasteiger partial charge < -0.3 is 14.6 Å². The highest BCUT2D eigenvalue weighted by Crippen LogP contribution is 2.26. The Morgan fingerprint density at radius 3 is 2.76 bits per heavy atom. The van der Waals surface area contributed by atoms with Crippen LogP contribution in [-0.4, -0.2) is 33.7 Å². The summed E-state index contributed by atoms with van der Waals surface area (Å²) in [5, 5.41) is 3.01. The minimum absolute atomic E-state index is 0.589. The van der Waals surface area contributed by atoms with E-state index in [-0.39, 0.29) is 0 Å². The fourth-order valence-electron chi connectivity index (χ4n) is 2.43. The molecule has 0 aliphatic rings. The molecule has 6 nitrogen and oxygen atoms in total. The van der Waals surface area contributed by atoms with Gasteiger partial charge in [-0.25, -0.2) is 15.0 Å². The molecule has 108 valence electrons. The minimum atomic E-state index is 0.589. The summed E-state index contributed by atoms with van der Waals surface area (Å²) in [6, 6.07) is 8.07. The number of anilines is 1. The maximum absolute atomic E-state index is 5.43. The fourth-order valence-corrected chi connectivity index (χ4v) is 2.43. The molecule has 0 spiro atoms. The number of hydrogen-bond acceptors (Lipinski definition) is 5. The van der Waals surface area contributed by atoms with E-state index in [9.17, 15) is 0 Å². The number of imidazole rings is 1. The Balaban J connectivity index is 2.04. The lowest BCUT2D eigenvalue weighted by atomic mass is 10.2. The molecule has 0 saturated carbocycles. The van der Waals surface area contributed by atoms with Gasteiger partial charge in [0.05, 0.1) is 30.3 Å². The van der Waals surface area contributed by atoms with Gasteiger partial charge in [0.15, 0.2) is 11.6 Å². The predicted molar refractivity (Wildman–Crippen MR) is 81.7 cm³/mol. The van der Waals surface area contributed by atoms with Gasteiger partial charge in [-0.05, 0) is 12.1 Å². The molecule has 6 heteroatoms. The van der Waals surface area contributed by atoms with Crippen LogP contribution in [0.25, 0.3) is 11.0 Å². The molecular formula is C15H17N5O. The zero-order valence-electron chi connectivity index (χ0n) is 12.3. The highest BCUT2D eigenvalue weighted by Gasteiger charge is 2.15. The van der Waals surface area contributed by atoms with Crippen molar-refractivity contribution >= 4 is 16.9 Å². The largest absolute Gasteiger partial charge is 0.491 e. The highest BCUT2D eigenvalue weighted by molar-refractivity contribution is 5.75. The van der Waals surface area contributed by atoms with Gasteiger partial charge in [-0.2, -0.15) is 0 Å². The lowest BCUT2D eigenvalue weighted by Crippen LogP contribution is -2.06. The average molecular weight is 283 g/mol. The van der Waals surface area contributed by atoms with E-state index < -0.39 is 0 Å². The summed E-state index contributed by atoms with van der Waals surface area (Å²) in [7, 11) is 5.44. The Morgan fingerprint density at radius 2 is 2.05 bits per heavy atom. The first-order valence-corrected chi connectivity index (χ1v) is 6.70. The van der Waals surface area contributed by atoms with Crippen molar-refractivity contribution in [2.45, 2.75) is 6.42 Å². The third-order valence-corrected chi connectivity index (χ3v) is 3.52. The molecule has 3 rings (SSSR count). The maximum atomic E-state index is 5.43. The second kappa shape index (κ2) is 5.40. The molecule has 1 N–H and O–H groups in total. The quantitative estimate of drug-likeness (QED) is 0.793. The molecular weight excluding hydrogens is 266 g/mol. The summed E-state index contributed by atoms with van der Waals surface area (Å²) >= 11 is 0. The Hall–Kier alpha value is -2.63. The van der Waals surface area contributed by atoms with E-state index in [0.29, 0.717) is 18.0 Å². The number of aryl methyl sites for hydroxylation is 1. The van der Waals surface area contributed by atoms with Crippen LogP contribution in [0.1, 0.15) is 11.5 Å². The molecule has 0 aliphatic carbocycles. The first-order chi connectivity index (χ1) is 10.2. The van der Waals surface area contributed by atoms with Gasteiger partial charge in [-0.3, -0.25) is 0 Å². The lowest BCUT2D eigenvalue weighted by molar-refractivity contribution is 0.407. The van der Waals surface area contributed by atoms with Crippen molar-refractivity contribution in [3.63, 3.8) is 0 Å².